The second kappa shape index (κ2) is 6.78. The normalized spacial score (nSPS) is 11.0. The lowest BCUT2D eigenvalue weighted by Gasteiger charge is -2.00. The summed E-state index contributed by atoms with van der Waals surface area (Å²) in [6, 6.07) is 6.42. The van der Waals surface area contributed by atoms with Crippen molar-refractivity contribution in [2.45, 2.75) is 26.7 Å². The van der Waals surface area contributed by atoms with Crippen molar-refractivity contribution in [3.63, 3.8) is 0 Å². The molecule has 0 aliphatic carbocycles. The molecule has 0 radical (unpaired) electrons. The van der Waals surface area contributed by atoms with Gasteiger partial charge in [0.15, 0.2) is 5.13 Å². The molecule has 1 N–H and O–H groups in total. The summed E-state index contributed by atoms with van der Waals surface area (Å²) in [5.74, 6) is -0.304. The summed E-state index contributed by atoms with van der Waals surface area (Å²) in [6.45, 7) is 5.85. The number of aryl methyl sites for hydroxylation is 1. The Morgan fingerprint density at radius 1 is 1.25 bits per heavy atom. The SMILES string of the molecule is Cc1nc(-c2ccccc2F)sc1C(=O)Nc1nc(C(C)C)cs1. The average Bonchev–Trinajstić information content (AvgIpc) is 3.14. The van der Waals surface area contributed by atoms with E-state index in [4.69, 9.17) is 0 Å². The van der Waals surface area contributed by atoms with E-state index in [-0.39, 0.29) is 11.7 Å². The number of carbonyl (C=O) groups excluding carboxylic acids is 1. The predicted octanol–water partition coefficient (Wildman–Crippen LogP) is 5.09. The standard InChI is InChI=1S/C17H16FN3OS2/c1-9(2)13-8-23-17(20-13)21-15(22)14-10(3)19-16(24-14)11-6-4-5-7-12(11)18/h4-9H,1-3H3,(H,20,21,22). The lowest BCUT2D eigenvalue weighted by atomic mass is 10.2. The van der Waals surface area contributed by atoms with Crippen molar-refractivity contribution in [2.75, 3.05) is 5.32 Å². The van der Waals surface area contributed by atoms with Crippen LogP contribution in [-0.4, -0.2) is 15.9 Å². The second-order valence-electron chi connectivity index (χ2n) is 5.60. The molecular formula is C17H16FN3OS2. The van der Waals surface area contributed by atoms with Crippen LogP contribution in [0.1, 0.15) is 40.8 Å². The minimum absolute atomic E-state index is 0.266. The maximum atomic E-state index is 13.9. The van der Waals surface area contributed by atoms with E-state index >= 15 is 0 Å². The maximum Gasteiger partial charge on any atom is 0.269 e. The Bertz CT molecular complexity index is 886. The summed E-state index contributed by atoms with van der Waals surface area (Å²) in [5, 5.41) is 5.79. The van der Waals surface area contributed by atoms with Crippen molar-refractivity contribution < 1.29 is 9.18 Å². The van der Waals surface area contributed by atoms with E-state index in [9.17, 15) is 9.18 Å². The summed E-state index contributed by atoms with van der Waals surface area (Å²) in [7, 11) is 0. The summed E-state index contributed by atoms with van der Waals surface area (Å²) in [6.07, 6.45) is 0. The van der Waals surface area contributed by atoms with Crippen LogP contribution in [0.25, 0.3) is 10.6 Å². The van der Waals surface area contributed by atoms with Gasteiger partial charge in [0, 0.05) is 10.9 Å². The fourth-order valence-electron chi connectivity index (χ4n) is 2.12. The van der Waals surface area contributed by atoms with Crippen molar-refractivity contribution in [1.82, 2.24) is 9.97 Å². The molecule has 7 heteroatoms. The van der Waals surface area contributed by atoms with Crippen LogP contribution < -0.4 is 5.32 Å². The van der Waals surface area contributed by atoms with Crippen molar-refractivity contribution in [2.24, 2.45) is 0 Å². The molecule has 0 aliphatic heterocycles. The number of hydrogen-bond donors (Lipinski definition) is 1. The maximum absolute atomic E-state index is 13.9. The number of thiazole rings is 2. The third kappa shape index (κ3) is 3.37. The minimum atomic E-state index is -0.347. The number of benzene rings is 1. The topological polar surface area (TPSA) is 54.9 Å². The zero-order chi connectivity index (χ0) is 17.3. The van der Waals surface area contributed by atoms with Crippen LogP contribution in [-0.2, 0) is 0 Å². The van der Waals surface area contributed by atoms with Crippen molar-refractivity contribution in [3.05, 3.63) is 51.7 Å². The Hall–Kier alpha value is -2.12. The van der Waals surface area contributed by atoms with Gasteiger partial charge in [0.25, 0.3) is 5.91 Å². The first-order valence-corrected chi connectivity index (χ1v) is 9.14. The molecule has 0 fully saturated rings. The highest BCUT2D eigenvalue weighted by Crippen LogP contribution is 2.30. The lowest BCUT2D eigenvalue weighted by molar-refractivity contribution is 0.103. The molecule has 1 aromatic carbocycles. The quantitative estimate of drug-likeness (QED) is 0.704. The van der Waals surface area contributed by atoms with E-state index in [2.05, 4.69) is 29.1 Å². The Morgan fingerprint density at radius 3 is 2.67 bits per heavy atom. The molecule has 0 aliphatic rings. The van der Waals surface area contributed by atoms with Crippen LogP contribution in [0.2, 0.25) is 0 Å². The van der Waals surface area contributed by atoms with Gasteiger partial charge < -0.3 is 0 Å². The van der Waals surface area contributed by atoms with Crippen LogP contribution in [0, 0.1) is 12.7 Å². The number of hydrogen-bond acceptors (Lipinski definition) is 5. The summed E-state index contributed by atoms with van der Waals surface area (Å²) >= 11 is 2.57. The van der Waals surface area contributed by atoms with Crippen molar-refractivity contribution >= 4 is 33.7 Å². The van der Waals surface area contributed by atoms with Crippen LogP contribution in [0.15, 0.2) is 29.6 Å². The highest BCUT2D eigenvalue weighted by atomic mass is 32.1. The molecule has 24 heavy (non-hydrogen) atoms. The number of carbonyl (C=O) groups is 1. The molecule has 0 spiro atoms. The number of nitrogens with one attached hydrogen (secondary N) is 1. The number of anilines is 1. The zero-order valence-corrected chi connectivity index (χ0v) is 15.1. The number of aromatic nitrogens is 2. The van der Waals surface area contributed by atoms with E-state index in [1.54, 1.807) is 25.1 Å². The van der Waals surface area contributed by atoms with Gasteiger partial charge in [-0.25, -0.2) is 14.4 Å². The zero-order valence-electron chi connectivity index (χ0n) is 13.5. The number of rotatable bonds is 4. The molecule has 0 saturated heterocycles. The van der Waals surface area contributed by atoms with Gasteiger partial charge in [-0.2, -0.15) is 0 Å². The average molecular weight is 361 g/mol. The lowest BCUT2D eigenvalue weighted by Crippen LogP contribution is -2.11. The van der Waals surface area contributed by atoms with Gasteiger partial charge in [-0.05, 0) is 25.0 Å². The van der Waals surface area contributed by atoms with Crippen molar-refractivity contribution in [3.8, 4) is 10.6 Å². The molecule has 1 amide bonds. The molecular weight excluding hydrogens is 345 g/mol. The molecule has 0 bridgehead atoms. The minimum Gasteiger partial charge on any atom is -0.297 e. The van der Waals surface area contributed by atoms with Gasteiger partial charge in [0.05, 0.1) is 11.4 Å². The van der Waals surface area contributed by atoms with E-state index in [1.807, 2.05) is 5.38 Å². The molecule has 0 atom stereocenters. The predicted molar refractivity (Wildman–Crippen MR) is 96.4 cm³/mol. The van der Waals surface area contributed by atoms with Crippen molar-refractivity contribution in [1.29, 1.82) is 0 Å². The Kier molecular flexibility index (Phi) is 4.73. The number of nitrogens with zero attached hydrogens (tertiary/aromatic N) is 2. The highest BCUT2D eigenvalue weighted by molar-refractivity contribution is 7.17. The van der Waals surface area contributed by atoms with Gasteiger partial charge in [-0.15, -0.1) is 22.7 Å². The smallest absolute Gasteiger partial charge is 0.269 e. The van der Waals surface area contributed by atoms with E-state index in [1.165, 1.54) is 28.7 Å². The summed E-state index contributed by atoms with van der Waals surface area (Å²) in [5.41, 5.74) is 1.93. The molecule has 3 rings (SSSR count). The van der Waals surface area contributed by atoms with Gasteiger partial charge in [0.2, 0.25) is 0 Å². The fourth-order valence-corrected chi connectivity index (χ4v) is 3.98. The monoisotopic (exact) mass is 361 g/mol. The van der Waals surface area contributed by atoms with E-state index in [0.29, 0.717) is 32.2 Å². The third-order valence-electron chi connectivity index (χ3n) is 3.44. The number of amides is 1. The number of halogens is 1. The molecule has 0 unspecified atom stereocenters. The fraction of sp³-hybridized carbons (Fsp3) is 0.235. The second-order valence-corrected chi connectivity index (χ2v) is 7.46. The van der Waals surface area contributed by atoms with Crippen LogP contribution in [0.4, 0.5) is 9.52 Å². The van der Waals surface area contributed by atoms with Gasteiger partial charge >= 0.3 is 0 Å². The Balaban J connectivity index is 1.84. The van der Waals surface area contributed by atoms with Gasteiger partial charge in [-0.3, -0.25) is 10.1 Å². The molecule has 4 nitrogen and oxygen atoms in total. The Labute approximate surface area is 147 Å². The Morgan fingerprint density at radius 2 is 2.00 bits per heavy atom. The molecule has 2 heterocycles. The first-order chi connectivity index (χ1) is 11.5. The summed E-state index contributed by atoms with van der Waals surface area (Å²) in [4.78, 5) is 21.7. The van der Waals surface area contributed by atoms with Gasteiger partial charge in [-0.1, -0.05) is 26.0 Å². The van der Waals surface area contributed by atoms with Crippen LogP contribution >= 0.6 is 22.7 Å². The largest absolute Gasteiger partial charge is 0.297 e. The molecule has 124 valence electrons. The first kappa shape index (κ1) is 16.7. The van der Waals surface area contributed by atoms with E-state index < -0.39 is 0 Å². The first-order valence-electron chi connectivity index (χ1n) is 7.45. The van der Waals surface area contributed by atoms with Crippen LogP contribution in [0.5, 0.6) is 0 Å². The van der Waals surface area contributed by atoms with Crippen LogP contribution in [0.3, 0.4) is 0 Å². The molecule has 0 saturated carbocycles. The molecule has 2 aromatic heterocycles. The third-order valence-corrected chi connectivity index (χ3v) is 5.41. The van der Waals surface area contributed by atoms with E-state index in [0.717, 1.165) is 5.69 Å². The highest BCUT2D eigenvalue weighted by Gasteiger charge is 2.19. The summed E-state index contributed by atoms with van der Waals surface area (Å²) < 4.78 is 13.9. The molecule has 3 aromatic rings. The van der Waals surface area contributed by atoms with Gasteiger partial charge in [0.1, 0.15) is 15.7 Å².